The van der Waals surface area contributed by atoms with Gasteiger partial charge >= 0.3 is 0 Å². The number of aryl methyl sites for hydroxylation is 2. The summed E-state index contributed by atoms with van der Waals surface area (Å²) >= 11 is 3.01. The summed E-state index contributed by atoms with van der Waals surface area (Å²) in [5.74, 6) is 1.01. The van der Waals surface area contributed by atoms with Crippen LogP contribution in [-0.2, 0) is 17.6 Å². The highest BCUT2D eigenvalue weighted by molar-refractivity contribution is 7.99. The highest BCUT2D eigenvalue weighted by Crippen LogP contribution is 2.33. The van der Waals surface area contributed by atoms with E-state index in [0.29, 0.717) is 28.1 Å². The molecular weight excluding hydrogens is 498 g/mol. The molecule has 0 saturated heterocycles. The van der Waals surface area contributed by atoms with Crippen LogP contribution in [0.15, 0.2) is 44.4 Å². The minimum Gasteiger partial charge on any atom is -0.310 e. The fourth-order valence-corrected chi connectivity index (χ4v) is 6.56. The number of aromatic nitrogens is 6. The van der Waals surface area contributed by atoms with E-state index >= 15 is 0 Å². The molecule has 5 heterocycles. The molecule has 1 atom stereocenters. The number of thiophene rings is 1. The second-order valence-electron chi connectivity index (χ2n) is 8.93. The third-order valence-electron chi connectivity index (χ3n) is 6.37. The number of hydrogen-bond acceptors (Lipinski definition) is 8. The summed E-state index contributed by atoms with van der Waals surface area (Å²) in [5, 5.41) is 10.2. The molecule has 0 fully saturated rings. The van der Waals surface area contributed by atoms with Crippen LogP contribution in [0.2, 0.25) is 0 Å². The molecule has 0 radical (unpaired) electrons. The average molecular weight is 522 g/mol. The number of rotatable bonds is 5. The average Bonchev–Trinajstić information content (AvgIpc) is 3.59. The molecule has 1 unspecified atom stereocenters. The van der Waals surface area contributed by atoms with Crippen LogP contribution in [0.4, 0.5) is 5.82 Å². The van der Waals surface area contributed by atoms with Gasteiger partial charge in [0.2, 0.25) is 11.9 Å². The summed E-state index contributed by atoms with van der Waals surface area (Å²) in [6.07, 6.45) is 3.53. The van der Waals surface area contributed by atoms with Crippen LogP contribution < -0.4 is 16.4 Å². The van der Waals surface area contributed by atoms with E-state index in [2.05, 4.69) is 20.4 Å². The molecule has 2 N–H and O–H groups in total. The Bertz CT molecular complexity index is 1590. The van der Waals surface area contributed by atoms with Crippen LogP contribution in [0.1, 0.15) is 42.3 Å². The summed E-state index contributed by atoms with van der Waals surface area (Å²) in [7, 11) is 0. The predicted molar refractivity (Wildman–Crippen MR) is 138 cm³/mol. The third kappa shape index (κ3) is 4.20. The number of fused-ring (bicyclic) bond motifs is 2. The molecule has 2 aliphatic rings. The van der Waals surface area contributed by atoms with E-state index in [1.165, 1.54) is 33.8 Å². The topological polar surface area (TPSA) is 128 Å². The molecule has 10 nitrogen and oxygen atoms in total. The van der Waals surface area contributed by atoms with Gasteiger partial charge in [0.1, 0.15) is 11.5 Å². The van der Waals surface area contributed by atoms with Crippen molar-refractivity contribution in [3.63, 3.8) is 0 Å². The Kier molecular flexibility index (Phi) is 5.84. The number of amides is 1. The standard InChI is InChI=1S/C24H23N7O3S2/c1-13-9-21(33)30-14(12-36-24(30)25-13)10-20(32)27-19-11-17(18-7-4-8-35-18)29-31(19)23-26-16-6-3-2-5-15(16)22(34)28-23/h4,7-9,11,14H,2-3,5-6,10,12H2,1H3,(H,27,32)(H,26,28,34). The quantitative estimate of drug-likeness (QED) is 0.386. The van der Waals surface area contributed by atoms with Gasteiger partial charge in [-0.1, -0.05) is 17.8 Å². The number of nitrogens with zero attached hydrogens (tertiary/aromatic N) is 5. The molecule has 4 aromatic rings. The Hall–Kier alpha value is -3.51. The van der Waals surface area contributed by atoms with Gasteiger partial charge in [-0.05, 0) is 44.1 Å². The van der Waals surface area contributed by atoms with E-state index in [4.69, 9.17) is 4.98 Å². The maximum absolute atomic E-state index is 13.1. The Morgan fingerprint density at radius 3 is 2.92 bits per heavy atom. The smallest absolute Gasteiger partial charge is 0.255 e. The molecule has 0 aromatic carbocycles. The Balaban J connectivity index is 1.33. The van der Waals surface area contributed by atoms with Crippen molar-refractivity contribution in [3.8, 4) is 16.5 Å². The van der Waals surface area contributed by atoms with Crippen LogP contribution in [0.25, 0.3) is 16.5 Å². The molecular formula is C24H23N7O3S2. The molecule has 1 aliphatic carbocycles. The second kappa shape index (κ2) is 9.17. The lowest BCUT2D eigenvalue weighted by molar-refractivity contribution is -0.116. The summed E-state index contributed by atoms with van der Waals surface area (Å²) in [6.45, 7) is 1.79. The van der Waals surface area contributed by atoms with Crippen molar-refractivity contribution >= 4 is 34.8 Å². The van der Waals surface area contributed by atoms with Gasteiger partial charge in [0.05, 0.1) is 16.6 Å². The number of carbonyl (C=O) groups is 1. The molecule has 0 saturated carbocycles. The zero-order valence-electron chi connectivity index (χ0n) is 19.5. The largest absolute Gasteiger partial charge is 0.310 e. The Morgan fingerprint density at radius 2 is 2.08 bits per heavy atom. The predicted octanol–water partition coefficient (Wildman–Crippen LogP) is 3.10. The fraction of sp³-hybridized carbons (Fsp3) is 0.333. The van der Waals surface area contributed by atoms with Crippen molar-refractivity contribution in [2.75, 3.05) is 11.1 Å². The van der Waals surface area contributed by atoms with Gasteiger partial charge in [-0.15, -0.1) is 11.3 Å². The van der Waals surface area contributed by atoms with Crippen molar-refractivity contribution in [2.24, 2.45) is 0 Å². The van der Waals surface area contributed by atoms with Crippen LogP contribution in [-0.4, -0.2) is 41.0 Å². The lowest BCUT2D eigenvalue weighted by Crippen LogP contribution is -2.28. The normalized spacial score (nSPS) is 16.5. The fourth-order valence-electron chi connectivity index (χ4n) is 4.69. The minimum absolute atomic E-state index is 0.109. The molecule has 12 heteroatoms. The second-order valence-corrected chi connectivity index (χ2v) is 10.9. The van der Waals surface area contributed by atoms with E-state index in [0.717, 1.165) is 41.8 Å². The first-order valence-corrected chi connectivity index (χ1v) is 13.6. The highest BCUT2D eigenvalue weighted by atomic mass is 32.2. The van der Waals surface area contributed by atoms with Gasteiger partial charge < -0.3 is 5.32 Å². The number of aromatic amines is 1. The van der Waals surface area contributed by atoms with Crippen LogP contribution in [0.5, 0.6) is 0 Å². The van der Waals surface area contributed by atoms with E-state index in [-0.39, 0.29) is 35.4 Å². The number of carbonyl (C=O) groups excluding carboxylic acids is 1. The number of hydrogen-bond donors (Lipinski definition) is 2. The first-order valence-electron chi connectivity index (χ1n) is 11.8. The monoisotopic (exact) mass is 521 g/mol. The zero-order valence-corrected chi connectivity index (χ0v) is 21.1. The first-order chi connectivity index (χ1) is 17.5. The maximum Gasteiger partial charge on any atom is 0.255 e. The van der Waals surface area contributed by atoms with Crippen molar-refractivity contribution in [3.05, 3.63) is 67.3 Å². The minimum atomic E-state index is -0.291. The molecule has 4 aromatic heterocycles. The highest BCUT2D eigenvalue weighted by Gasteiger charge is 2.28. The molecule has 1 aliphatic heterocycles. The van der Waals surface area contributed by atoms with E-state index in [9.17, 15) is 14.4 Å². The Labute approximate surface area is 213 Å². The van der Waals surface area contributed by atoms with E-state index in [1.54, 1.807) is 17.6 Å². The van der Waals surface area contributed by atoms with E-state index in [1.807, 2.05) is 17.5 Å². The van der Waals surface area contributed by atoms with Gasteiger partial charge in [0, 0.05) is 35.6 Å². The van der Waals surface area contributed by atoms with Gasteiger partial charge in [-0.25, -0.2) is 9.97 Å². The van der Waals surface area contributed by atoms with Crippen molar-refractivity contribution in [1.29, 1.82) is 0 Å². The molecule has 6 rings (SSSR count). The maximum atomic E-state index is 13.1. The van der Waals surface area contributed by atoms with E-state index < -0.39 is 0 Å². The van der Waals surface area contributed by atoms with Crippen LogP contribution in [0, 0.1) is 6.92 Å². The molecule has 0 bridgehead atoms. The number of H-pyrrole nitrogens is 1. The number of anilines is 1. The summed E-state index contributed by atoms with van der Waals surface area (Å²) < 4.78 is 3.08. The van der Waals surface area contributed by atoms with Crippen molar-refractivity contribution in [2.45, 2.75) is 50.2 Å². The first kappa shape index (κ1) is 22.9. The van der Waals surface area contributed by atoms with Crippen molar-refractivity contribution in [1.82, 2.24) is 29.3 Å². The molecule has 184 valence electrons. The Morgan fingerprint density at radius 1 is 1.22 bits per heavy atom. The molecule has 36 heavy (non-hydrogen) atoms. The number of thioether (sulfide) groups is 1. The summed E-state index contributed by atoms with van der Waals surface area (Å²) in [5.41, 5.74) is 2.53. The summed E-state index contributed by atoms with van der Waals surface area (Å²) in [4.78, 5) is 51.3. The van der Waals surface area contributed by atoms with Gasteiger partial charge in [0.25, 0.3) is 11.1 Å². The third-order valence-corrected chi connectivity index (χ3v) is 8.36. The lowest BCUT2D eigenvalue weighted by Gasteiger charge is -2.16. The summed E-state index contributed by atoms with van der Waals surface area (Å²) in [6, 6.07) is 6.85. The molecule has 0 spiro atoms. The lowest BCUT2D eigenvalue weighted by atomic mass is 9.97. The van der Waals surface area contributed by atoms with Crippen LogP contribution >= 0.6 is 23.1 Å². The van der Waals surface area contributed by atoms with Gasteiger partial charge in [-0.2, -0.15) is 9.78 Å². The zero-order chi connectivity index (χ0) is 24.8. The van der Waals surface area contributed by atoms with Crippen LogP contribution in [0.3, 0.4) is 0 Å². The SMILES string of the molecule is Cc1cc(=O)n2c(n1)SCC2CC(=O)Nc1cc(-c2cccs2)nn1-c1nc2c(c(=O)[nH]1)CCCC2. The van der Waals surface area contributed by atoms with Gasteiger partial charge in [-0.3, -0.25) is 23.9 Å². The number of nitrogens with one attached hydrogen (secondary N) is 2. The molecule has 1 amide bonds. The van der Waals surface area contributed by atoms with Crippen molar-refractivity contribution < 1.29 is 4.79 Å². The van der Waals surface area contributed by atoms with Gasteiger partial charge in [0.15, 0.2) is 5.16 Å².